The normalized spacial score (nSPS) is 24.9. The van der Waals surface area contributed by atoms with Crippen LogP contribution in [0.1, 0.15) is 46.5 Å². The first-order valence-electron chi connectivity index (χ1n) is 10.5. The van der Waals surface area contributed by atoms with Crippen molar-refractivity contribution in [2.45, 2.75) is 68.3 Å². The fraction of sp³-hybridized carbons (Fsp3) is 0.650. The van der Waals surface area contributed by atoms with Gasteiger partial charge in [-0.1, -0.05) is 13.8 Å². The number of esters is 1. The summed E-state index contributed by atoms with van der Waals surface area (Å²) in [7, 11) is -7.52. The number of carbonyl (C=O) groups is 1. The van der Waals surface area contributed by atoms with Crippen molar-refractivity contribution in [3.8, 4) is 0 Å². The van der Waals surface area contributed by atoms with Crippen molar-refractivity contribution < 1.29 is 26.4 Å². The highest BCUT2D eigenvalue weighted by molar-refractivity contribution is 7.89. The molecule has 2 heterocycles. The molecule has 0 aliphatic carbocycles. The number of carbonyl (C=O) groups excluding carboxylic acids is 1. The number of fused-ring (bicyclic) bond motifs is 2. The van der Waals surface area contributed by atoms with Gasteiger partial charge in [0, 0.05) is 25.2 Å². The highest BCUT2D eigenvalue weighted by Gasteiger charge is 2.51. The number of rotatable bonds is 8. The van der Waals surface area contributed by atoms with Crippen LogP contribution in [0.4, 0.5) is 0 Å². The summed E-state index contributed by atoms with van der Waals surface area (Å²) in [6.45, 7) is 6.19. The van der Waals surface area contributed by atoms with Crippen LogP contribution < -0.4 is 0 Å². The van der Waals surface area contributed by atoms with Gasteiger partial charge in [0.05, 0.1) is 22.3 Å². The minimum absolute atomic E-state index is 0.0439. The molecule has 0 aromatic heterocycles. The number of benzene rings is 1. The Balaban J connectivity index is 1.89. The van der Waals surface area contributed by atoms with E-state index < -0.39 is 32.0 Å². The molecule has 3 atom stereocenters. The van der Waals surface area contributed by atoms with Gasteiger partial charge in [0.15, 0.2) is 0 Å². The number of hydrogen-bond acceptors (Lipinski definition) is 6. The lowest BCUT2D eigenvalue weighted by molar-refractivity contribution is -0.150. The van der Waals surface area contributed by atoms with Gasteiger partial charge in [-0.25, -0.2) is 16.8 Å². The molecule has 2 aliphatic heterocycles. The first kappa shape index (κ1) is 23.2. The standard InChI is InChI=1S/C20H30N2O6S2/c1-4-21(5-2)29(24,25)16-9-11-17(12-10-16)30(26,27)22-15-7-13-18(19(22)14-8-15)20(23)28-6-3/h9-12,15,18-19H,4-8,13-14H2,1-3H3/t15?,18-,19?/m1/s1. The fourth-order valence-electron chi connectivity index (χ4n) is 4.62. The highest BCUT2D eigenvalue weighted by Crippen LogP contribution is 2.43. The largest absolute Gasteiger partial charge is 0.466 e. The number of sulfonamides is 2. The van der Waals surface area contributed by atoms with Gasteiger partial charge in [-0.15, -0.1) is 0 Å². The maximum atomic E-state index is 13.4. The third-order valence-electron chi connectivity index (χ3n) is 6.09. The van der Waals surface area contributed by atoms with Gasteiger partial charge in [0.25, 0.3) is 0 Å². The number of nitrogens with zero attached hydrogens (tertiary/aromatic N) is 2. The summed E-state index contributed by atoms with van der Waals surface area (Å²) < 4.78 is 60.1. The van der Waals surface area contributed by atoms with Gasteiger partial charge >= 0.3 is 5.97 Å². The lowest BCUT2D eigenvalue weighted by Gasteiger charge is -2.37. The van der Waals surface area contributed by atoms with Crippen molar-refractivity contribution in [3.05, 3.63) is 24.3 Å². The number of ether oxygens (including phenoxy) is 1. The van der Waals surface area contributed by atoms with Crippen LogP contribution in [0, 0.1) is 5.92 Å². The molecule has 0 N–H and O–H groups in total. The SMILES string of the molecule is CCOC(=O)[C@@H]1CCC2CCC1N2S(=O)(=O)c1ccc(S(=O)(=O)N(CC)CC)cc1. The molecule has 2 saturated heterocycles. The molecule has 0 spiro atoms. The zero-order valence-electron chi connectivity index (χ0n) is 17.7. The van der Waals surface area contributed by atoms with Crippen LogP contribution >= 0.6 is 0 Å². The van der Waals surface area contributed by atoms with Crippen LogP contribution in [0.5, 0.6) is 0 Å². The van der Waals surface area contributed by atoms with Crippen molar-refractivity contribution in [2.75, 3.05) is 19.7 Å². The molecule has 10 heteroatoms. The van der Waals surface area contributed by atoms with Gasteiger partial charge in [0.2, 0.25) is 20.0 Å². The second-order valence-corrected chi connectivity index (χ2v) is 11.4. The number of piperidine rings is 1. The summed E-state index contributed by atoms with van der Waals surface area (Å²) in [5.74, 6) is -0.801. The van der Waals surface area contributed by atoms with Crippen molar-refractivity contribution in [1.82, 2.24) is 8.61 Å². The Morgan fingerprint density at radius 3 is 2.10 bits per heavy atom. The molecule has 0 amide bonds. The lowest BCUT2D eigenvalue weighted by Crippen LogP contribution is -2.50. The van der Waals surface area contributed by atoms with Gasteiger partial charge < -0.3 is 4.74 Å². The smallest absolute Gasteiger partial charge is 0.310 e. The Hall–Kier alpha value is -1.49. The first-order valence-corrected chi connectivity index (χ1v) is 13.4. The van der Waals surface area contributed by atoms with E-state index in [0.717, 1.165) is 0 Å². The quantitative estimate of drug-likeness (QED) is 0.554. The van der Waals surface area contributed by atoms with E-state index in [1.807, 2.05) is 0 Å². The molecule has 0 saturated carbocycles. The third-order valence-corrected chi connectivity index (χ3v) is 10.1. The fourth-order valence-corrected chi connectivity index (χ4v) is 8.01. The summed E-state index contributed by atoms with van der Waals surface area (Å²) >= 11 is 0. The molecule has 3 rings (SSSR count). The zero-order valence-corrected chi connectivity index (χ0v) is 19.3. The molecule has 0 radical (unpaired) electrons. The summed E-state index contributed by atoms with van der Waals surface area (Å²) in [4.78, 5) is 12.5. The molecule has 168 valence electrons. The maximum Gasteiger partial charge on any atom is 0.310 e. The van der Waals surface area contributed by atoms with Crippen molar-refractivity contribution in [1.29, 1.82) is 0 Å². The van der Waals surface area contributed by atoms with E-state index in [9.17, 15) is 21.6 Å². The van der Waals surface area contributed by atoms with Gasteiger partial charge in [-0.2, -0.15) is 8.61 Å². The van der Waals surface area contributed by atoms with E-state index in [2.05, 4.69) is 0 Å². The second kappa shape index (κ2) is 8.94. The van der Waals surface area contributed by atoms with Crippen LogP contribution in [0.25, 0.3) is 0 Å². The monoisotopic (exact) mass is 458 g/mol. The average Bonchev–Trinajstić information content (AvgIpc) is 3.03. The van der Waals surface area contributed by atoms with Crippen molar-refractivity contribution in [2.24, 2.45) is 5.92 Å². The predicted molar refractivity (Wildman–Crippen MR) is 112 cm³/mol. The van der Waals surface area contributed by atoms with E-state index >= 15 is 0 Å². The second-order valence-electron chi connectivity index (χ2n) is 7.63. The number of hydrogen-bond donors (Lipinski definition) is 0. The molecule has 1 aromatic carbocycles. The van der Waals surface area contributed by atoms with Gasteiger partial charge in [-0.05, 0) is 56.9 Å². The average molecular weight is 459 g/mol. The first-order chi connectivity index (χ1) is 14.2. The van der Waals surface area contributed by atoms with Crippen LogP contribution in [0.2, 0.25) is 0 Å². The zero-order chi connectivity index (χ0) is 22.1. The molecular formula is C20H30N2O6S2. The Kier molecular flexibility index (Phi) is 6.91. The summed E-state index contributed by atoms with van der Waals surface area (Å²) in [5, 5.41) is 0. The van der Waals surface area contributed by atoms with E-state index in [1.165, 1.54) is 32.9 Å². The molecule has 8 nitrogen and oxygen atoms in total. The Morgan fingerprint density at radius 1 is 0.967 bits per heavy atom. The van der Waals surface area contributed by atoms with Crippen LogP contribution in [-0.4, -0.2) is 63.2 Å². The minimum Gasteiger partial charge on any atom is -0.466 e. The highest BCUT2D eigenvalue weighted by atomic mass is 32.2. The summed E-state index contributed by atoms with van der Waals surface area (Å²) in [6, 6.07) is 4.83. The molecule has 2 aliphatic rings. The van der Waals surface area contributed by atoms with Crippen LogP contribution in [-0.2, 0) is 29.6 Å². The van der Waals surface area contributed by atoms with Crippen molar-refractivity contribution in [3.63, 3.8) is 0 Å². The molecule has 30 heavy (non-hydrogen) atoms. The predicted octanol–water partition coefficient (Wildman–Crippen LogP) is 2.21. The molecule has 2 bridgehead atoms. The van der Waals surface area contributed by atoms with E-state index in [4.69, 9.17) is 4.74 Å². The molecule has 1 aromatic rings. The molecular weight excluding hydrogens is 428 g/mol. The Bertz CT molecular complexity index is 971. The van der Waals surface area contributed by atoms with E-state index in [-0.39, 0.29) is 28.4 Å². The van der Waals surface area contributed by atoms with Crippen molar-refractivity contribution >= 4 is 26.0 Å². The summed E-state index contributed by atoms with van der Waals surface area (Å²) in [5.41, 5.74) is 0. The maximum absolute atomic E-state index is 13.4. The van der Waals surface area contributed by atoms with E-state index in [0.29, 0.717) is 38.8 Å². The van der Waals surface area contributed by atoms with Gasteiger partial charge in [0.1, 0.15) is 0 Å². The van der Waals surface area contributed by atoms with Gasteiger partial charge in [-0.3, -0.25) is 4.79 Å². The Morgan fingerprint density at radius 2 is 1.53 bits per heavy atom. The van der Waals surface area contributed by atoms with E-state index in [1.54, 1.807) is 20.8 Å². The van der Waals surface area contributed by atoms with Crippen LogP contribution in [0.3, 0.4) is 0 Å². The Labute approximate surface area is 179 Å². The summed E-state index contributed by atoms with van der Waals surface area (Å²) in [6.07, 6.45) is 2.59. The third kappa shape index (κ3) is 4.02. The minimum atomic E-state index is -3.86. The topological polar surface area (TPSA) is 101 Å². The molecule has 2 fully saturated rings. The lowest BCUT2D eigenvalue weighted by atomic mass is 9.92. The van der Waals surface area contributed by atoms with Crippen LogP contribution in [0.15, 0.2) is 34.1 Å². The molecule has 2 unspecified atom stereocenters.